The molecule has 1 aromatic heterocycles. The maximum absolute atomic E-state index is 5.95. The highest BCUT2D eigenvalue weighted by atomic mass is 14.7. The molecule has 15 heavy (non-hydrogen) atoms. The number of aromatic nitrogens is 1. The lowest BCUT2D eigenvalue weighted by molar-refractivity contribution is 0.255. The zero-order valence-corrected chi connectivity index (χ0v) is 8.79. The largest absolute Gasteiger partial charge is 0.361 e. The molecule has 1 fully saturated rings. The van der Waals surface area contributed by atoms with Gasteiger partial charge in [-0.2, -0.15) is 0 Å². The quantitative estimate of drug-likeness (QED) is 0.768. The van der Waals surface area contributed by atoms with E-state index < -0.39 is 0 Å². The molecule has 1 aromatic carbocycles. The SMILES string of the molecule is NCC1(c2cccc3[nH]ccc23)CCC1. The monoisotopic (exact) mass is 200 g/mol. The molecule has 3 N–H and O–H groups in total. The van der Waals surface area contributed by atoms with Crippen LogP contribution in [0, 0.1) is 0 Å². The number of hydrogen-bond donors (Lipinski definition) is 2. The number of nitrogens with one attached hydrogen (secondary N) is 1. The average Bonchev–Trinajstić information content (AvgIpc) is 2.65. The maximum atomic E-state index is 5.95. The van der Waals surface area contributed by atoms with Crippen molar-refractivity contribution in [3.63, 3.8) is 0 Å². The molecule has 0 saturated heterocycles. The summed E-state index contributed by atoms with van der Waals surface area (Å²) in [6.07, 6.45) is 5.82. The Labute approximate surface area is 89.5 Å². The number of benzene rings is 1. The van der Waals surface area contributed by atoms with Crippen LogP contribution in [-0.2, 0) is 5.41 Å². The van der Waals surface area contributed by atoms with Gasteiger partial charge in [0.1, 0.15) is 0 Å². The topological polar surface area (TPSA) is 41.8 Å². The molecule has 0 radical (unpaired) electrons. The Hall–Kier alpha value is -1.28. The first kappa shape index (κ1) is 8.98. The highest BCUT2D eigenvalue weighted by Gasteiger charge is 2.38. The number of H-pyrrole nitrogens is 1. The van der Waals surface area contributed by atoms with Crippen molar-refractivity contribution in [1.82, 2.24) is 4.98 Å². The molecule has 0 amide bonds. The summed E-state index contributed by atoms with van der Waals surface area (Å²) in [5.41, 5.74) is 8.88. The van der Waals surface area contributed by atoms with E-state index in [-0.39, 0.29) is 5.41 Å². The lowest BCUT2D eigenvalue weighted by Crippen LogP contribution is -2.41. The second kappa shape index (κ2) is 3.11. The molecule has 0 spiro atoms. The van der Waals surface area contributed by atoms with Crippen LogP contribution in [0.5, 0.6) is 0 Å². The minimum atomic E-state index is 0.266. The van der Waals surface area contributed by atoms with Gasteiger partial charge in [-0.05, 0) is 30.5 Å². The maximum Gasteiger partial charge on any atom is 0.0456 e. The van der Waals surface area contributed by atoms with E-state index in [0.29, 0.717) is 0 Å². The minimum Gasteiger partial charge on any atom is -0.361 e. The van der Waals surface area contributed by atoms with E-state index >= 15 is 0 Å². The summed E-state index contributed by atoms with van der Waals surface area (Å²) in [5, 5.41) is 1.35. The summed E-state index contributed by atoms with van der Waals surface area (Å²) in [4.78, 5) is 3.26. The van der Waals surface area contributed by atoms with Gasteiger partial charge >= 0.3 is 0 Å². The second-order valence-corrected chi connectivity index (χ2v) is 4.58. The van der Waals surface area contributed by atoms with E-state index in [0.717, 1.165) is 6.54 Å². The molecule has 1 aliphatic rings. The molecule has 0 unspecified atom stereocenters. The molecule has 0 bridgehead atoms. The Morgan fingerprint density at radius 3 is 2.80 bits per heavy atom. The highest BCUT2D eigenvalue weighted by molar-refractivity contribution is 5.84. The number of aromatic amines is 1. The Balaban J connectivity index is 2.21. The van der Waals surface area contributed by atoms with E-state index in [1.165, 1.54) is 35.7 Å². The molecule has 1 heterocycles. The Morgan fingerprint density at radius 2 is 2.13 bits per heavy atom. The Kier molecular flexibility index (Phi) is 1.86. The van der Waals surface area contributed by atoms with Gasteiger partial charge in [-0.3, -0.25) is 0 Å². The van der Waals surface area contributed by atoms with Crippen LogP contribution in [0.25, 0.3) is 10.9 Å². The number of hydrogen-bond acceptors (Lipinski definition) is 1. The lowest BCUT2D eigenvalue weighted by atomic mass is 9.64. The van der Waals surface area contributed by atoms with Crippen molar-refractivity contribution in [3.05, 3.63) is 36.0 Å². The Bertz CT molecular complexity index is 474. The lowest BCUT2D eigenvalue weighted by Gasteiger charge is -2.42. The van der Waals surface area contributed by atoms with Gasteiger partial charge in [-0.25, -0.2) is 0 Å². The molecule has 1 saturated carbocycles. The fourth-order valence-electron chi connectivity index (χ4n) is 2.73. The molecule has 2 nitrogen and oxygen atoms in total. The zero-order valence-electron chi connectivity index (χ0n) is 8.79. The number of fused-ring (bicyclic) bond motifs is 1. The first-order valence-electron chi connectivity index (χ1n) is 5.62. The van der Waals surface area contributed by atoms with Gasteiger partial charge in [0.05, 0.1) is 0 Å². The third-order valence-corrected chi connectivity index (χ3v) is 3.87. The van der Waals surface area contributed by atoms with Crippen molar-refractivity contribution in [3.8, 4) is 0 Å². The van der Waals surface area contributed by atoms with E-state index in [9.17, 15) is 0 Å². The van der Waals surface area contributed by atoms with Crippen LogP contribution in [0.2, 0.25) is 0 Å². The fraction of sp³-hybridized carbons (Fsp3) is 0.385. The molecule has 1 aliphatic carbocycles. The molecule has 0 aliphatic heterocycles. The van der Waals surface area contributed by atoms with Gasteiger partial charge < -0.3 is 10.7 Å². The van der Waals surface area contributed by atoms with Crippen LogP contribution in [0.15, 0.2) is 30.5 Å². The van der Waals surface area contributed by atoms with E-state index in [1.54, 1.807) is 0 Å². The number of nitrogens with two attached hydrogens (primary N) is 1. The molecule has 0 atom stereocenters. The smallest absolute Gasteiger partial charge is 0.0456 e. The first-order valence-corrected chi connectivity index (χ1v) is 5.62. The van der Waals surface area contributed by atoms with Gasteiger partial charge in [0.15, 0.2) is 0 Å². The van der Waals surface area contributed by atoms with Crippen molar-refractivity contribution >= 4 is 10.9 Å². The summed E-state index contributed by atoms with van der Waals surface area (Å²) in [5.74, 6) is 0. The van der Waals surface area contributed by atoms with Crippen LogP contribution in [0.3, 0.4) is 0 Å². The van der Waals surface area contributed by atoms with Crippen LogP contribution in [0.4, 0.5) is 0 Å². The summed E-state index contributed by atoms with van der Waals surface area (Å²) < 4.78 is 0. The van der Waals surface area contributed by atoms with Gasteiger partial charge in [0, 0.05) is 29.1 Å². The fourth-order valence-corrected chi connectivity index (χ4v) is 2.73. The summed E-state index contributed by atoms with van der Waals surface area (Å²) in [6, 6.07) is 8.66. The zero-order chi connectivity index (χ0) is 10.3. The predicted octanol–water partition coefficient (Wildman–Crippen LogP) is 2.55. The van der Waals surface area contributed by atoms with Crippen molar-refractivity contribution in [1.29, 1.82) is 0 Å². The first-order chi connectivity index (χ1) is 7.36. The van der Waals surface area contributed by atoms with Gasteiger partial charge in [0.2, 0.25) is 0 Å². The van der Waals surface area contributed by atoms with Crippen LogP contribution >= 0.6 is 0 Å². The predicted molar refractivity (Wildman–Crippen MR) is 62.9 cm³/mol. The van der Waals surface area contributed by atoms with Crippen molar-refractivity contribution in [2.75, 3.05) is 6.54 Å². The van der Waals surface area contributed by atoms with Crippen LogP contribution in [0.1, 0.15) is 24.8 Å². The van der Waals surface area contributed by atoms with E-state index in [2.05, 4.69) is 29.2 Å². The molecule has 78 valence electrons. The normalized spacial score (nSPS) is 19.0. The standard InChI is InChI=1S/C13H16N2/c14-9-13(6-2-7-13)11-3-1-4-12-10(11)5-8-15-12/h1,3-5,8,15H,2,6-7,9,14H2. The third kappa shape index (κ3) is 1.15. The van der Waals surface area contributed by atoms with Crippen molar-refractivity contribution < 1.29 is 0 Å². The third-order valence-electron chi connectivity index (χ3n) is 3.87. The molecular weight excluding hydrogens is 184 g/mol. The Morgan fingerprint density at radius 1 is 1.27 bits per heavy atom. The molecule has 3 rings (SSSR count). The van der Waals surface area contributed by atoms with Crippen LogP contribution in [-0.4, -0.2) is 11.5 Å². The van der Waals surface area contributed by atoms with Crippen LogP contribution < -0.4 is 5.73 Å². The van der Waals surface area contributed by atoms with Crippen molar-refractivity contribution in [2.45, 2.75) is 24.7 Å². The van der Waals surface area contributed by atoms with E-state index in [1.807, 2.05) is 6.20 Å². The highest BCUT2D eigenvalue weighted by Crippen LogP contribution is 2.45. The van der Waals surface area contributed by atoms with Gasteiger partial charge in [-0.15, -0.1) is 0 Å². The molecular formula is C13H16N2. The van der Waals surface area contributed by atoms with E-state index in [4.69, 9.17) is 5.73 Å². The van der Waals surface area contributed by atoms with Gasteiger partial charge in [-0.1, -0.05) is 18.6 Å². The summed E-state index contributed by atoms with van der Waals surface area (Å²) in [7, 11) is 0. The molecule has 2 heteroatoms. The van der Waals surface area contributed by atoms with Crippen molar-refractivity contribution in [2.24, 2.45) is 5.73 Å². The minimum absolute atomic E-state index is 0.266. The summed E-state index contributed by atoms with van der Waals surface area (Å²) in [6.45, 7) is 0.775. The molecule has 2 aromatic rings. The average molecular weight is 200 g/mol. The van der Waals surface area contributed by atoms with Gasteiger partial charge in [0.25, 0.3) is 0 Å². The number of rotatable bonds is 2. The summed E-state index contributed by atoms with van der Waals surface area (Å²) >= 11 is 0. The second-order valence-electron chi connectivity index (χ2n) is 4.58.